The van der Waals surface area contributed by atoms with E-state index in [0.29, 0.717) is 13.0 Å². The number of aryl methyl sites for hydroxylation is 1. The van der Waals surface area contributed by atoms with Crippen LogP contribution in [-0.4, -0.2) is 22.6 Å². The molecule has 0 bridgehead atoms. The van der Waals surface area contributed by atoms with Crippen molar-refractivity contribution in [3.05, 3.63) is 59.9 Å². The SMILES string of the molecule is COc1cccc(CNC(=O)C2CCn3c(nc4ccccc43)C2)c1. The molecule has 1 aliphatic rings. The van der Waals surface area contributed by atoms with E-state index in [1.807, 2.05) is 42.5 Å². The maximum atomic E-state index is 12.6. The summed E-state index contributed by atoms with van der Waals surface area (Å²) < 4.78 is 7.46. The van der Waals surface area contributed by atoms with Gasteiger partial charge in [0.1, 0.15) is 11.6 Å². The number of nitrogens with one attached hydrogen (secondary N) is 1. The summed E-state index contributed by atoms with van der Waals surface area (Å²) in [6.45, 7) is 1.36. The molecule has 25 heavy (non-hydrogen) atoms. The Morgan fingerprint density at radius 2 is 2.16 bits per heavy atom. The Morgan fingerprint density at radius 1 is 1.28 bits per heavy atom. The van der Waals surface area contributed by atoms with Crippen LogP contribution in [-0.2, 0) is 24.3 Å². The highest BCUT2D eigenvalue weighted by molar-refractivity contribution is 5.80. The zero-order valence-electron chi connectivity index (χ0n) is 14.2. The number of nitrogens with zero attached hydrogens (tertiary/aromatic N) is 2. The third-order valence-electron chi connectivity index (χ3n) is 4.84. The van der Waals surface area contributed by atoms with E-state index in [9.17, 15) is 4.79 Å². The molecule has 1 aliphatic heterocycles. The van der Waals surface area contributed by atoms with Crippen LogP contribution in [0.2, 0.25) is 0 Å². The van der Waals surface area contributed by atoms with Crippen LogP contribution >= 0.6 is 0 Å². The van der Waals surface area contributed by atoms with Gasteiger partial charge >= 0.3 is 0 Å². The van der Waals surface area contributed by atoms with E-state index in [1.54, 1.807) is 7.11 Å². The molecule has 5 heteroatoms. The molecule has 2 heterocycles. The Balaban J connectivity index is 1.43. The summed E-state index contributed by atoms with van der Waals surface area (Å²) >= 11 is 0. The second-order valence-electron chi connectivity index (χ2n) is 6.43. The van der Waals surface area contributed by atoms with Crippen LogP contribution in [0.4, 0.5) is 0 Å². The van der Waals surface area contributed by atoms with Gasteiger partial charge in [0, 0.05) is 25.4 Å². The summed E-state index contributed by atoms with van der Waals surface area (Å²) in [5.74, 6) is 1.89. The fourth-order valence-electron chi connectivity index (χ4n) is 3.48. The highest BCUT2D eigenvalue weighted by atomic mass is 16.5. The van der Waals surface area contributed by atoms with Gasteiger partial charge in [-0.2, -0.15) is 0 Å². The molecule has 5 nitrogen and oxygen atoms in total. The van der Waals surface area contributed by atoms with Crippen molar-refractivity contribution in [2.75, 3.05) is 7.11 Å². The topological polar surface area (TPSA) is 56.1 Å². The number of hydrogen-bond acceptors (Lipinski definition) is 3. The van der Waals surface area contributed by atoms with Crippen LogP contribution in [0.5, 0.6) is 5.75 Å². The van der Waals surface area contributed by atoms with E-state index in [0.717, 1.165) is 41.1 Å². The molecule has 1 amide bonds. The van der Waals surface area contributed by atoms with Gasteiger partial charge in [-0.3, -0.25) is 4.79 Å². The molecule has 1 N–H and O–H groups in total. The van der Waals surface area contributed by atoms with Gasteiger partial charge in [0.15, 0.2) is 0 Å². The minimum Gasteiger partial charge on any atom is -0.497 e. The van der Waals surface area contributed by atoms with E-state index in [4.69, 9.17) is 9.72 Å². The maximum Gasteiger partial charge on any atom is 0.223 e. The first-order valence-electron chi connectivity index (χ1n) is 8.59. The molecule has 0 radical (unpaired) electrons. The molecule has 4 rings (SSSR count). The predicted molar refractivity (Wildman–Crippen MR) is 96.4 cm³/mol. The highest BCUT2D eigenvalue weighted by Gasteiger charge is 2.26. The molecule has 0 saturated carbocycles. The fourth-order valence-corrected chi connectivity index (χ4v) is 3.48. The number of aromatic nitrogens is 2. The first-order chi connectivity index (χ1) is 12.2. The molecule has 1 aromatic heterocycles. The maximum absolute atomic E-state index is 12.6. The number of rotatable bonds is 4. The van der Waals surface area contributed by atoms with Crippen molar-refractivity contribution >= 4 is 16.9 Å². The number of imidazole rings is 1. The van der Waals surface area contributed by atoms with Gasteiger partial charge in [0.25, 0.3) is 0 Å². The molecule has 1 atom stereocenters. The van der Waals surface area contributed by atoms with Crippen LogP contribution < -0.4 is 10.1 Å². The number of fused-ring (bicyclic) bond motifs is 3. The molecular weight excluding hydrogens is 314 g/mol. The molecule has 3 aromatic rings. The Kier molecular flexibility index (Phi) is 4.14. The lowest BCUT2D eigenvalue weighted by atomic mass is 9.96. The first-order valence-corrected chi connectivity index (χ1v) is 8.59. The molecule has 0 spiro atoms. The van der Waals surface area contributed by atoms with Gasteiger partial charge in [-0.1, -0.05) is 24.3 Å². The zero-order valence-corrected chi connectivity index (χ0v) is 14.2. The molecule has 2 aromatic carbocycles. The van der Waals surface area contributed by atoms with Crippen LogP contribution in [0.25, 0.3) is 11.0 Å². The third-order valence-corrected chi connectivity index (χ3v) is 4.84. The average Bonchev–Trinajstić information content (AvgIpc) is 3.04. The first kappa shape index (κ1) is 15.7. The predicted octanol–water partition coefficient (Wildman–Crippen LogP) is 2.92. The Labute approximate surface area is 146 Å². The molecule has 0 saturated heterocycles. The van der Waals surface area contributed by atoms with Crippen LogP contribution in [0.1, 0.15) is 17.8 Å². The number of para-hydroxylation sites is 2. The summed E-state index contributed by atoms with van der Waals surface area (Å²) in [6, 6.07) is 15.9. The zero-order chi connectivity index (χ0) is 17.2. The third kappa shape index (κ3) is 3.09. The van der Waals surface area contributed by atoms with E-state index in [2.05, 4.69) is 16.0 Å². The number of methoxy groups -OCH3 is 1. The lowest BCUT2D eigenvalue weighted by molar-refractivity contribution is -0.125. The van der Waals surface area contributed by atoms with Gasteiger partial charge in [-0.15, -0.1) is 0 Å². The van der Waals surface area contributed by atoms with Crippen molar-refractivity contribution in [3.63, 3.8) is 0 Å². The van der Waals surface area contributed by atoms with Crippen LogP contribution in [0.3, 0.4) is 0 Å². The number of benzene rings is 2. The number of hydrogen-bond donors (Lipinski definition) is 1. The highest BCUT2D eigenvalue weighted by Crippen LogP contribution is 2.25. The van der Waals surface area contributed by atoms with Crippen molar-refractivity contribution in [2.24, 2.45) is 5.92 Å². The Bertz CT molecular complexity index is 916. The Morgan fingerprint density at radius 3 is 3.04 bits per heavy atom. The summed E-state index contributed by atoms with van der Waals surface area (Å²) in [6.07, 6.45) is 1.54. The van der Waals surface area contributed by atoms with Gasteiger partial charge in [0.05, 0.1) is 18.1 Å². The lowest BCUT2D eigenvalue weighted by Gasteiger charge is -2.23. The van der Waals surface area contributed by atoms with Crippen molar-refractivity contribution in [1.29, 1.82) is 0 Å². The smallest absolute Gasteiger partial charge is 0.223 e. The van der Waals surface area contributed by atoms with E-state index >= 15 is 0 Å². The summed E-state index contributed by atoms with van der Waals surface area (Å²) in [7, 11) is 1.64. The minimum atomic E-state index is -0.0186. The number of carbonyl (C=O) groups is 1. The number of amides is 1. The van der Waals surface area contributed by atoms with Gasteiger partial charge in [-0.25, -0.2) is 4.98 Å². The molecule has 1 unspecified atom stereocenters. The largest absolute Gasteiger partial charge is 0.497 e. The summed E-state index contributed by atoms with van der Waals surface area (Å²) in [5.41, 5.74) is 3.21. The second kappa shape index (κ2) is 6.59. The van der Waals surface area contributed by atoms with Crippen LogP contribution in [0, 0.1) is 5.92 Å². The van der Waals surface area contributed by atoms with E-state index < -0.39 is 0 Å². The second-order valence-corrected chi connectivity index (χ2v) is 6.43. The monoisotopic (exact) mass is 335 g/mol. The van der Waals surface area contributed by atoms with Crippen LogP contribution in [0.15, 0.2) is 48.5 Å². The van der Waals surface area contributed by atoms with Crippen molar-refractivity contribution in [3.8, 4) is 5.75 Å². The lowest BCUT2D eigenvalue weighted by Crippen LogP contribution is -2.35. The molecular formula is C20H21N3O2. The molecule has 0 aliphatic carbocycles. The van der Waals surface area contributed by atoms with Gasteiger partial charge < -0.3 is 14.6 Å². The fraction of sp³-hybridized carbons (Fsp3) is 0.300. The molecule has 128 valence electrons. The number of carbonyl (C=O) groups excluding carboxylic acids is 1. The standard InChI is InChI=1S/C20H21N3O2/c1-25-16-6-4-5-14(11-16)13-21-20(24)15-9-10-23-18-8-3-2-7-17(18)22-19(23)12-15/h2-8,11,15H,9-10,12-13H2,1H3,(H,21,24). The quantitative estimate of drug-likeness (QED) is 0.797. The Hall–Kier alpha value is -2.82. The molecule has 0 fully saturated rings. The average molecular weight is 335 g/mol. The van der Waals surface area contributed by atoms with Crippen molar-refractivity contribution < 1.29 is 9.53 Å². The number of ether oxygens (including phenoxy) is 1. The summed E-state index contributed by atoms with van der Waals surface area (Å²) in [5, 5.41) is 3.05. The minimum absolute atomic E-state index is 0.0186. The van der Waals surface area contributed by atoms with E-state index in [-0.39, 0.29) is 11.8 Å². The summed E-state index contributed by atoms with van der Waals surface area (Å²) in [4.78, 5) is 17.3. The van der Waals surface area contributed by atoms with Gasteiger partial charge in [-0.05, 0) is 36.2 Å². The van der Waals surface area contributed by atoms with Crippen molar-refractivity contribution in [1.82, 2.24) is 14.9 Å². The van der Waals surface area contributed by atoms with Gasteiger partial charge in [0.2, 0.25) is 5.91 Å². The normalized spacial score (nSPS) is 16.4. The van der Waals surface area contributed by atoms with E-state index in [1.165, 1.54) is 0 Å². The van der Waals surface area contributed by atoms with Crippen molar-refractivity contribution in [2.45, 2.75) is 25.9 Å².